The molecule has 0 heterocycles. The molecule has 0 bridgehead atoms. The lowest BCUT2D eigenvalue weighted by atomic mass is 10.2. The van der Waals surface area contributed by atoms with Crippen molar-refractivity contribution in [2.45, 2.75) is 6.92 Å². The topological polar surface area (TPSA) is 66.0 Å². The van der Waals surface area contributed by atoms with E-state index in [1.807, 2.05) is 43.3 Å². The van der Waals surface area contributed by atoms with Gasteiger partial charge in [0.1, 0.15) is 18.1 Å². The van der Waals surface area contributed by atoms with Crippen LogP contribution in [0.15, 0.2) is 48.5 Å². The minimum absolute atomic E-state index is 0.0409. The molecule has 0 fully saturated rings. The number of para-hydroxylation sites is 2. The molecule has 134 valence electrons. The molecule has 0 atom stereocenters. The molecule has 0 unspecified atom stereocenters. The largest absolute Gasteiger partial charge is 0.494 e. The van der Waals surface area contributed by atoms with E-state index >= 15 is 0 Å². The maximum absolute atomic E-state index is 11.9. The van der Waals surface area contributed by atoms with Crippen molar-refractivity contribution in [1.29, 1.82) is 0 Å². The van der Waals surface area contributed by atoms with Gasteiger partial charge in [-0.3, -0.25) is 4.79 Å². The number of anilines is 1. The van der Waals surface area contributed by atoms with Crippen molar-refractivity contribution in [3.63, 3.8) is 0 Å². The van der Waals surface area contributed by atoms with E-state index in [9.17, 15) is 4.79 Å². The van der Waals surface area contributed by atoms with Gasteiger partial charge in [0.2, 0.25) is 5.91 Å². The summed E-state index contributed by atoms with van der Waals surface area (Å²) in [4.78, 5) is 11.9. The Kier molecular flexibility index (Phi) is 7.75. The average molecular weight is 345 g/mol. The second kappa shape index (κ2) is 10.3. The van der Waals surface area contributed by atoms with Crippen LogP contribution in [0.25, 0.3) is 0 Å². The second-order valence-corrected chi connectivity index (χ2v) is 5.10. The highest BCUT2D eigenvalue weighted by Gasteiger charge is 2.09. The Hall–Kier alpha value is -2.57. The number of nitrogens with one attached hydrogen (secondary N) is 1. The Balaban J connectivity index is 1.96. The Bertz CT molecular complexity index is 657. The number of carbonyl (C=O) groups is 1. The Morgan fingerprint density at radius 2 is 1.72 bits per heavy atom. The van der Waals surface area contributed by atoms with Crippen LogP contribution in [-0.4, -0.2) is 39.4 Å². The molecule has 2 aromatic carbocycles. The number of amides is 1. The zero-order valence-electron chi connectivity index (χ0n) is 14.5. The van der Waals surface area contributed by atoms with E-state index in [1.165, 1.54) is 0 Å². The Morgan fingerprint density at radius 3 is 2.44 bits per heavy atom. The summed E-state index contributed by atoms with van der Waals surface area (Å²) in [5.41, 5.74) is 0.580. The highest BCUT2D eigenvalue weighted by molar-refractivity contribution is 5.93. The molecule has 6 nitrogen and oxygen atoms in total. The highest BCUT2D eigenvalue weighted by Crippen LogP contribution is 2.30. The first kappa shape index (κ1) is 18.8. The van der Waals surface area contributed by atoms with E-state index in [4.69, 9.17) is 18.9 Å². The molecule has 6 heteroatoms. The van der Waals surface area contributed by atoms with Gasteiger partial charge >= 0.3 is 0 Å². The average Bonchev–Trinajstić information content (AvgIpc) is 2.62. The number of benzene rings is 2. The highest BCUT2D eigenvalue weighted by atomic mass is 16.5. The van der Waals surface area contributed by atoms with Crippen molar-refractivity contribution in [2.75, 3.05) is 38.9 Å². The number of methoxy groups -OCH3 is 1. The van der Waals surface area contributed by atoms with Gasteiger partial charge in [-0.25, -0.2) is 0 Å². The molecule has 0 aliphatic rings. The minimum atomic E-state index is -0.251. The van der Waals surface area contributed by atoms with Crippen molar-refractivity contribution >= 4 is 11.6 Å². The third-order valence-electron chi connectivity index (χ3n) is 3.19. The molecule has 1 N–H and O–H groups in total. The van der Waals surface area contributed by atoms with Gasteiger partial charge in [-0.05, 0) is 43.3 Å². The number of ether oxygens (including phenoxy) is 4. The van der Waals surface area contributed by atoms with Crippen molar-refractivity contribution in [3.05, 3.63) is 48.5 Å². The quantitative estimate of drug-likeness (QED) is 0.668. The number of hydrogen-bond donors (Lipinski definition) is 1. The predicted molar refractivity (Wildman–Crippen MR) is 95.5 cm³/mol. The summed E-state index contributed by atoms with van der Waals surface area (Å²) in [6.07, 6.45) is 0. The number of hydrogen-bond acceptors (Lipinski definition) is 5. The zero-order chi connectivity index (χ0) is 17.9. The van der Waals surface area contributed by atoms with E-state index < -0.39 is 0 Å². The van der Waals surface area contributed by atoms with Gasteiger partial charge in [0.05, 0.1) is 25.5 Å². The lowest BCUT2D eigenvalue weighted by molar-refractivity contribution is -0.121. The van der Waals surface area contributed by atoms with E-state index in [1.54, 1.807) is 19.2 Å². The fraction of sp³-hybridized carbons (Fsp3) is 0.316. The monoisotopic (exact) mass is 345 g/mol. The van der Waals surface area contributed by atoms with Crippen molar-refractivity contribution in [2.24, 2.45) is 0 Å². The molecule has 0 saturated carbocycles. The molecule has 0 aliphatic carbocycles. The fourth-order valence-corrected chi connectivity index (χ4v) is 2.05. The van der Waals surface area contributed by atoms with Gasteiger partial charge in [0.25, 0.3) is 0 Å². The predicted octanol–water partition coefficient (Wildman–Crippen LogP) is 3.48. The van der Waals surface area contributed by atoms with E-state index in [-0.39, 0.29) is 12.5 Å². The van der Waals surface area contributed by atoms with Gasteiger partial charge in [-0.15, -0.1) is 0 Å². The van der Waals surface area contributed by atoms with Crippen molar-refractivity contribution in [1.82, 2.24) is 0 Å². The van der Waals surface area contributed by atoms with Gasteiger partial charge in [0, 0.05) is 7.11 Å². The SMILES string of the molecule is CCOc1ccc(Oc2ccccc2NC(=O)COCCOC)cc1. The van der Waals surface area contributed by atoms with Crippen LogP contribution in [0, 0.1) is 0 Å². The summed E-state index contributed by atoms with van der Waals surface area (Å²) in [5, 5.41) is 2.78. The maximum Gasteiger partial charge on any atom is 0.250 e. The van der Waals surface area contributed by atoms with Crippen molar-refractivity contribution < 1.29 is 23.7 Å². The summed E-state index contributed by atoms with van der Waals surface area (Å²) in [6.45, 7) is 3.32. The summed E-state index contributed by atoms with van der Waals surface area (Å²) in [7, 11) is 1.58. The van der Waals surface area contributed by atoms with Crippen molar-refractivity contribution in [3.8, 4) is 17.2 Å². The number of carbonyl (C=O) groups excluding carboxylic acids is 1. The van der Waals surface area contributed by atoms with Crippen LogP contribution < -0.4 is 14.8 Å². The molecule has 25 heavy (non-hydrogen) atoms. The van der Waals surface area contributed by atoms with E-state index in [0.29, 0.717) is 37.0 Å². The number of rotatable bonds is 10. The fourth-order valence-electron chi connectivity index (χ4n) is 2.05. The minimum Gasteiger partial charge on any atom is -0.494 e. The summed E-state index contributed by atoms with van der Waals surface area (Å²) in [6, 6.07) is 14.5. The van der Waals surface area contributed by atoms with Crippen LogP contribution in [0.5, 0.6) is 17.2 Å². The molecule has 0 aliphatic heterocycles. The smallest absolute Gasteiger partial charge is 0.250 e. The summed E-state index contributed by atoms with van der Waals surface area (Å²) < 4.78 is 21.3. The Morgan fingerprint density at radius 1 is 1.00 bits per heavy atom. The third-order valence-corrected chi connectivity index (χ3v) is 3.19. The normalized spacial score (nSPS) is 10.3. The van der Waals surface area contributed by atoms with Gasteiger partial charge in [-0.1, -0.05) is 12.1 Å². The van der Waals surface area contributed by atoms with Crippen LogP contribution in [0.3, 0.4) is 0 Å². The Labute approximate surface area is 147 Å². The van der Waals surface area contributed by atoms with Crippen LogP contribution in [0.1, 0.15) is 6.92 Å². The lowest BCUT2D eigenvalue weighted by Crippen LogP contribution is -2.19. The van der Waals surface area contributed by atoms with Gasteiger partial charge in [0.15, 0.2) is 5.75 Å². The summed E-state index contributed by atoms with van der Waals surface area (Å²) >= 11 is 0. The molecule has 1 amide bonds. The lowest BCUT2D eigenvalue weighted by Gasteiger charge is -2.13. The maximum atomic E-state index is 11.9. The molecule has 2 aromatic rings. The van der Waals surface area contributed by atoms with E-state index in [0.717, 1.165) is 5.75 Å². The zero-order valence-corrected chi connectivity index (χ0v) is 14.5. The first-order chi connectivity index (χ1) is 12.2. The van der Waals surface area contributed by atoms with Crippen LogP contribution in [0.4, 0.5) is 5.69 Å². The second-order valence-electron chi connectivity index (χ2n) is 5.10. The standard InChI is InChI=1S/C19H23NO5/c1-3-24-15-8-10-16(11-9-15)25-18-7-5-4-6-17(18)20-19(21)14-23-13-12-22-2/h4-11H,3,12-14H2,1-2H3,(H,20,21). The van der Waals surface area contributed by atoms with E-state index in [2.05, 4.69) is 5.32 Å². The molecular formula is C19H23NO5. The first-order valence-corrected chi connectivity index (χ1v) is 8.09. The van der Waals surface area contributed by atoms with Crippen LogP contribution in [-0.2, 0) is 14.3 Å². The molecular weight excluding hydrogens is 322 g/mol. The van der Waals surface area contributed by atoms with Gasteiger partial charge < -0.3 is 24.3 Å². The summed E-state index contributed by atoms with van der Waals surface area (Å²) in [5.74, 6) is 1.74. The van der Waals surface area contributed by atoms with Gasteiger partial charge in [-0.2, -0.15) is 0 Å². The van der Waals surface area contributed by atoms with Crippen LogP contribution in [0.2, 0.25) is 0 Å². The molecule has 0 aromatic heterocycles. The molecule has 2 rings (SSSR count). The molecule has 0 radical (unpaired) electrons. The molecule has 0 spiro atoms. The molecule has 0 saturated heterocycles. The van der Waals surface area contributed by atoms with Crippen LogP contribution >= 0.6 is 0 Å². The first-order valence-electron chi connectivity index (χ1n) is 8.09. The third kappa shape index (κ3) is 6.45.